The van der Waals surface area contributed by atoms with Crippen LogP contribution in [0.5, 0.6) is 0 Å². The summed E-state index contributed by atoms with van der Waals surface area (Å²) in [6, 6.07) is 3.64. The van der Waals surface area contributed by atoms with Crippen molar-refractivity contribution in [2.75, 3.05) is 6.54 Å². The standard InChI is InChI=1S/C15H20F2N2S/c1-15(2,3)7-12-9-19-14(20-12)18-8-10-4-5-11(16)6-13(10)17/h4-6,12H,7-9H2,1-3H3,(H,18,19). The summed E-state index contributed by atoms with van der Waals surface area (Å²) in [6.07, 6.45) is 1.09. The first kappa shape index (κ1) is 15.3. The molecule has 0 saturated heterocycles. The van der Waals surface area contributed by atoms with E-state index in [0.29, 0.717) is 17.4 Å². The second-order valence-electron chi connectivity index (χ2n) is 6.24. The monoisotopic (exact) mass is 298 g/mol. The molecule has 0 spiro atoms. The minimum absolute atomic E-state index is 0.283. The molecular weight excluding hydrogens is 278 g/mol. The highest BCUT2D eigenvalue weighted by molar-refractivity contribution is 8.14. The van der Waals surface area contributed by atoms with Gasteiger partial charge in [-0.1, -0.05) is 38.6 Å². The highest BCUT2D eigenvalue weighted by Gasteiger charge is 2.24. The van der Waals surface area contributed by atoms with Crippen LogP contribution in [0.25, 0.3) is 0 Å². The molecule has 1 atom stereocenters. The number of thioether (sulfide) groups is 1. The second-order valence-corrected chi connectivity index (χ2v) is 7.53. The molecule has 0 amide bonds. The van der Waals surface area contributed by atoms with Gasteiger partial charge in [0.05, 0.1) is 6.54 Å². The Morgan fingerprint density at radius 3 is 2.75 bits per heavy atom. The zero-order valence-corrected chi connectivity index (χ0v) is 12.9. The Morgan fingerprint density at radius 2 is 2.10 bits per heavy atom. The number of amidine groups is 1. The minimum atomic E-state index is -0.552. The highest BCUT2D eigenvalue weighted by atomic mass is 32.2. The van der Waals surface area contributed by atoms with Crippen molar-refractivity contribution >= 4 is 16.9 Å². The van der Waals surface area contributed by atoms with Crippen LogP contribution in [-0.2, 0) is 6.54 Å². The van der Waals surface area contributed by atoms with Gasteiger partial charge in [0.1, 0.15) is 11.6 Å². The Morgan fingerprint density at radius 1 is 1.35 bits per heavy atom. The van der Waals surface area contributed by atoms with Gasteiger partial charge in [-0.3, -0.25) is 4.99 Å². The lowest BCUT2D eigenvalue weighted by atomic mass is 9.90. The summed E-state index contributed by atoms with van der Waals surface area (Å²) < 4.78 is 26.3. The third-order valence-corrected chi connectivity index (χ3v) is 4.15. The van der Waals surface area contributed by atoms with Crippen LogP contribution in [0.2, 0.25) is 0 Å². The zero-order valence-electron chi connectivity index (χ0n) is 12.0. The summed E-state index contributed by atoms with van der Waals surface area (Å²) in [6.45, 7) is 7.78. The fourth-order valence-corrected chi connectivity index (χ4v) is 3.49. The SMILES string of the molecule is CC(C)(C)CC1CN=C(NCc2ccc(F)cc2F)S1. The lowest BCUT2D eigenvalue weighted by Crippen LogP contribution is -2.21. The molecule has 0 bridgehead atoms. The Hall–Kier alpha value is -1.10. The maximum absolute atomic E-state index is 13.5. The summed E-state index contributed by atoms with van der Waals surface area (Å²) in [4.78, 5) is 4.44. The van der Waals surface area contributed by atoms with Gasteiger partial charge in [-0.2, -0.15) is 0 Å². The third-order valence-electron chi connectivity index (χ3n) is 3.00. The first-order valence-electron chi connectivity index (χ1n) is 6.72. The normalized spacial score (nSPS) is 19.1. The topological polar surface area (TPSA) is 24.4 Å². The largest absolute Gasteiger partial charge is 0.361 e. The van der Waals surface area contributed by atoms with E-state index in [1.54, 1.807) is 11.8 Å². The minimum Gasteiger partial charge on any atom is -0.361 e. The molecular formula is C15H20F2N2S. The Labute approximate surface area is 123 Å². The van der Waals surface area contributed by atoms with Crippen molar-refractivity contribution < 1.29 is 8.78 Å². The van der Waals surface area contributed by atoms with Crippen LogP contribution in [0.3, 0.4) is 0 Å². The predicted molar refractivity (Wildman–Crippen MR) is 81.0 cm³/mol. The Bertz CT molecular complexity index is 509. The molecule has 5 heteroatoms. The van der Waals surface area contributed by atoms with Crippen molar-refractivity contribution in [3.05, 3.63) is 35.4 Å². The van der Waals surface area contributed by atoms with Crippen LogP contribution in [0.15, 0.2) is 23.2 Å². The van der Waals surface area contributed by atoms with E-state index in [4.69, 9.17) is 0 Å². The van der Waals surface area contributed by atoms with Gasteiger partial charge in [0.25, 0.3) is 0 Å². The lowest BCUT2D eigenvalue weighted by molar-refractivity contribution is 0.375. The maximum Gasteiger partial charge on any atom is 0.157 e. The third kappa shape index (κ3) is 4.47. The molecule has 1 aliphatic heterocycles. The maximum atomic E-state index is 13.5. The molecule has 0 fully saturated rings. The van der Waals surface area contributed by atoms with E-state index < -0.39 is 11.6 Å². The van der Waals surface area contributed by atoms with E-state index in [0.717, 1.165) is 24.2 Å². The van der Waals surface area contributed by atoms with Gasteiger partial charge in [0, 0.05) is 23.4 Å². The van der Waals surface area contributed by atoms with Gasteiger partial charge in [-0.25, -0.2) is 8.78 Å². The molecule has 0 saturated carbocycles. The summed E-state index contributed by atoms with van der Waals surface area (Å²) in [5.74, 6) is -1.07. The van der Waals surface area contributed by atoms with E-state index in [1.165, 1.54) is 12.1 Å². The van der Waals surface area contributed by atoms with Crippen molar-refractivity contribution in [1.29, 1.82) is 0 Å². The number of benzene rings is 1. The van der Waals surface area contributed by atoms with E-state index >= 15 is 0 Å². The van der Waals surface area contributed by atoms with Crippen LogP contribution in [0.1, 0.15) is 32.8 Å². The van der Waals surface area contributed by atoms with Crippen molar-refractivity contribution in [2.45, 2.75) is 39.0 Å². The lowest BCUT2D eigenvalue weighted by Gasteiger charge is -2.21. The fourth-order valence-electron chi connectivity index (χ4n) is 2.14. The van der Waals surface area contributed by atoms with Crippen LogP contribution < -0.4 is 5.32 Å². The first-order chi connectivity index (χ1) is 9.33. The number of rotatable bonds is 3. The number of nitrogens with one attached hydrogen (secondary N) is 1. The smallest absolute Gasteiger partial charge is 0.157 e. The van der Waals surface area contributed by atoms with Gasteiger partial charge in [0.2, 0.25) is 0 Å². The molecule has 1 heterocycles. The van der Waals surface area contributed by atoms with Crippen LogP contribution in [-0.4, -0.2) is 17.0 Å². The predicted octanol–water partition coefficient (Wildman–Crippen LogP) is 3.96. The Kier molecular flexibility index (Phi) is 4.68. The molecule has 20 heavy (non-hydrogen) atoms. The molecule has 1 aromatic rings. The van der Waals surface area contributed by atoms with Gasteiger partial charge in [-0.05, 0) is 17.9 Å². The molecule has 2 rings (SSSR count). The zero-order chi connectivity index (χ0) is 14.8. The van der Waals surface area contributed by atoms with E-state index in [-0.39, 0.29) is 5.41 Å². The first-order valence-corrected chi connectivity index (χ1v) is 7.60. The van der Waals surface area contributed by atoms with Crippen LogP contribution >= 0.6 is 11.8 Å². The molecule has 1 aromatic carbocycles. The number of halogens is 2. The Balaban J connectivity index is 1.84. The molecule has 0 radical (unpaired) electrons. The van der Waals surface area contributed by atoms with Crippen molar-refractivity contribution in [2.24, 2.45) is 10.4 Å². The molecule has 1 unspecified atom stereocenters. The van der Waals surface area contributed by atoms with Crippen molar-refractivity contribution in [1.82, 2.24) is 5.32 Å². The van der Waals surface area contributed by atoms with Crippen LogP contribution in [0, 0.1) is 17.0 Å². The number of hydrogen-bond acceptors (Lipinski definition) is 3. The summed E-state index contributed by atoms with van der Waals surface area (Å²) >= 11 is 1.71. The van der Waals surface area contributed by atoms with Crippen molar-refractivity contribution in [3.63, 3.8) is 0 Å². The average Bonchev–Trinajstić information content (AvgIpc) is 2.73. The van der Waals surface area contributed by atoms with Gasteiger partial charge in [0.15, 0.2) is 5.17 Å². The van der Waals surface area contributed by atoms with Gasteiger partial charge < -0.3 is 5.32 Å². The summed E-state index contributed by atoms with van der Waals surface area (Å²) in [5, 5.41) is 4.46. The quantitative estimate of drug-likeness (QED) is 0.913. The summed E-state index contributed by atoms with van der Waals surface area (Å²) in [7, 11) is 0. The average molecular weight is 298 g/mol. The van der Waals surface area contributed by atoms with Gasteiger partial charge >= 0.3 is 0 Å². The van der Waals surface area contributed by atoms with E-state index in [1.807, 2.05) is 0 Å². The second kappa shape index (κ2) is 6.12. The van der Waals surface area contributed by atoms with E-state index in [9.17, 15) is 8.78 Å². The molecule has 1 N–H and O–H groups in total. The molecule has 110 valence electrons. The van der Waals surface area contributed by atoms with Crippen molar-refractivity contribution in [3.8, 4) is 0 Å². The molecule has 1 aliphatic rings. The number of nitrogens with zero attached hydrogens (tertiary/aromatic N) is 1. The van der Waals surface area contributed by atoms with Crippen LogP contribution in [0.4, 0.5) is 8.78 Å². The fraction of sp³-hybridized carbons (Fsp3) is 0.533. The van der Waals surface area contributed by atoms with E-state index in [2.05, 4.69) is 31.1 Å². The number of hydrogen-bond donors (Lipinski definition) is 1. The molecule has 0 aliphatic carbocycles. The summed E-state index contributed by atoms with van der Waals surface area (Å²) in [5.41, 5.74) is 0.736. The molecule has 2 nitrogen and oxygen atoms in total. The highest BCUT2D eigenvalue weighted by Crippen LogP contribution is 2.31. The number of aliphatic imine (C=N–C) groups is 1. The molecule has 0 aromatic heterocycles. The van der Waals surface area contributed by atoms with Gasteiger partial charge in [-0.15, -0.1) is 0 Å².